The van der Waals surface area contributed by atoms with Gasteiger partial charge in [-0.1, -0.05) is 60.1 Å². The van der Waals surface area contributed by atoms with E-state index in [2.05, 4.69) is 26.8 Å². The third-order valence-corrected chi connectivity index (χ3v) is 6.62. The number of rotatable bonds is 11. The van der Waals surface area contributed by atoms with Gasteiger partial charge in [-0.2, -0.15) is 0 Å². The summed E-state index contributed by atoms with van der Waals surface area (Å²) < 4.78 is 0. The number of hydroxylamine groups is 2. The van der Waals surface area contributed by atoms with E-state index in [0.717, 1.165) is 24.0 Å². The fourth-order valence-electron chi connectivity index (χ4n) is 3.81. The van der Waals surface area contributed by atoms with Crippen LogP contribution < -0.4 is 10.2 Å². The van der Waals surface area contributed by atoms with Crippen LogP contribution in [-0.4, -0.2) is 39.4 Å². The summed E-state index contributed by atoms with van der Waals surface area (Å²) in [6.45, 7) is 4.18. The SMILES string of the molecule is C=CN([O-])C(=O)C(C/C=C/c1ccc(N(CC2CC2)c2ncccn2)cc1)NC(=O)c1c(Cl)cccc1Cl. The first-order chi connectivity index (χ1) is 18.4. The molecule has 0 radical (unpaired) electrons. The van der Waals surface area contributed by atoms with Crippen molar-refractivity contribution in [3.63, 3.8) is 0 Å². The van der Waals surface area contributed by atoms with E-state index in [1.165, 1.54) is 25.0 Å². The molecule has 1 saturated carbocycles. The zero-order valence-electron chi connectivity index (χ0n) is 20.5. The second kappa shape index (κ2) is 12.7. The number of hydrogen-bond donors (Lipinski definition) is 1. The van der Waals surface area contributed by atoms with Gasteiger partial charge in [-0.3, -0.25) is 9.59 Å². The normalized spacial score (nSPS) is 13.7. The lowest BCUT2D eigenvalue weighted by Crippen LogP contribution is -2.45. The van der Waals surface area contributed by atoms with Crippen LogP contribution in [-0.2, 0) is 4.79 Å². The lowest BCUT2D eigenvalue weighted by Gasteiger charge is -2.28. The van der Waals surface area contributed by atoms with Gasteiger partial charge in [-0.25, -0.2) is 9.97 Å². The Morgan fingerprint density at radius 1 is 1.08 bits per heavy atom. The molecule has 1 aliphatic carbocycles. The molecule has 4 rings (SSSR count). The zero-order chi connectivity index (χ0) is 27.1. The van der Waals surface area contributed by atoms with Crippen LogP contribution in [0.4, 0.5) is 11.6 Å². The number of hydrogen-bond acceptors (Lipinski definition) is 6. The molecule has 2 aromatic carbocycles. The minimum Gasteiger partial charge on any atom is -0.752 e. The highest BCUT2D eigenvalue weighted by Crippen LogP contribution is 2.34. The molecule has 1 atom stereocenters. The van der Waals surface area contributed by atoms with Gasteiger partial charge in [0.1, 0.15) is 6.04 Å². The molecule has 3 aromatic rings. The number of nitrogens with one attached hydrogen (secondary N) is 1. The molecule has 10 heteroatoms. The summed E-state index contributed by atoms with van der Waals surface area (Å²) in [6, 6.07) is 13.1. The molecule has 1 aromatic heterocycles. The smallest absolute Gasteiger partial charge is 0.254 e. The Labute approximate surface area is 231 Å². The summed E-state index contributed by atoms with van der Waals surface area (Å²) in [5.41, 5.74) is 1.89. The van der Waals surface area contributed by atoms with E-state index in [-0.39, 0.29) is 27.1 Å². The number of aromatic nitrogens is 2. The number of halogens is 2. The van der Waals surface area contributed by atoms with Gasteiger partial charge < -0.3 is 20.5 Å². The van der Waals surface area contributed by atoms with Crippen LogP contribution in [0.25, 0.3) is 6.08 Å². The van der Waals surface area contributed by atoms with Crippen molar-refractivity contribution >= 4 is 52.7 Å². The predicted octanol–water partition coefficient (Wildman–Crippen LogP) is 6.00. The van der Waals surface area contributed by atoms with Crippen molar-refractivity contribution in [2.45, 2.75) is 25.3 Å². The minimum absolute atomic E-state index is 0.0300. The van der Waals surface area contributed by atoms with E-state index in [9.17, 15) is 14.8 Å². The van der Waals surface area contributed by atoms with Gasteiger partial charge in [0.05, 0.1) is 15.6 Å². The number of carbonyl (C=O) groups excluding carboxylic acids is 2. The monoisotopic (exact) mass is 550 g/mol. The topological polar surface area (TPSA) is 101 Å². The Kier molecular flexibility index (Phi) is 9.12. The van der Waals surface area contributed by atoms with Crippen LogP contribution in [0.15, 0.2) is 79.8 Å². The van der Waals surface area contributed by atoms with Crippen molar-refractivity contribution in [1.29, 1.82) is 0 Å². The molecule has 1 N–H and O–H groups in total. The zero-order valence-corrected chi connectivity index (χ0v) is 22.0. The Balaban J connectivity index is 1.47. The van der Waals surface area contributed by atoms with Crippen molar-refractivity contribution in [3.05, 3.63) is 106 Å². The molecule has 38 heavy (non-hydrogen) atoms. The van der Waals surface area contributed by atoms with Crippen molar-refractivity contribution in [3.8, 4) is 0 Å². The van der Waals surface area contributed by atoms with Crippen molar-refractivity contribution in [1.82, 2.24) is 20.3 Å². The van der Waals surface area contributed by atoms with Crippen LogP contribution >= 0.6 is 23.2 Å². The third kappa shape index (κ3) is 6.98. The maximum absolute atomic E-state index is 12.8. The average Bonchev–Trinajstić information content (AvgIpc) is 3.75. The minimum atomic E-state index is -1.15. The molecule has 1 unspecified atom stereocenters. The molecule has 196 valence electrons. The van der Waals surface area contributed by atoms with E-state index in [0.29, 0.717) is 11.9 Å². The number of nitrogens with zero attached hydrogens (tertiary/aromatic N) is 4. The van der Waals surface area contributed by atoms with E-state index in [1.807, 2.05) is 30.3 Å². The third-order valence-electron chi connectivity index (χ3n) is 5.99. The van der Waals surface area contributed by atoms with Crippen molar-refractivity contribution in [2.24, 2.45) is 5.92 Å². The van der Waals surface area contributed by atoms with E-state index in [1.54, 1.807) is 30.6 Å². The van der Waals surface area contributed by atoms with Gasteiger partial charge in [0.15, 0.2) is 0 Å². The van der Waals surface area contributed by atoms with Gasteiger partial charge in [0, 0.05) is 24.6 Å². The Morgan fingerprint density at radius 3 is 2.34 bits per heavy atom. The van der Waals surface area contributed by atoms with Crippen LogP contribution in [0.3, 0.4) is 0 Å². The van der Waals surface area contributed by atoms with Crippen LogP contribution in [0.2, 0.25) is 10.0 Å². The standard InChI is InChI=1S/C28H26Cl2N5O3/c1-2-35(38)27(37)24(33-26(36)25-22(29)7-4-8-23(25)30)9-3-6-19-12-14-21(15-13-19)34(18-20-10-11-20)28-31-16-5-17-32-28/h2-8,12-17,20,24H,1,9-11,18H2,(H,33,36)/q-1/b6-3+. The van der Waals surface area contributed by atoms with Gasteiger partial charge >= 0.3 is 0 Å². The Bertz CT molecular complexity index is 1290. The van der Waals surface area contributed by atoms with Crippen LogP contribution in [0.1, 0.15) is 35.2 Å². The Morgan fingerprint density at radius 2 is 1.74 bits per heavy atom. The number of anilines is 2. The van der Waals surface area contributed by atoms with Crippen LogP contribution in [0, 0.1) is 11.1 Å². The first-order valence-corrected chi connectivity index (χ1v) is 12.8. The number of benzene rings is 2. The lowest BCUT2D eigenvalue weighted by atomic mass is 10.1. The summed E-state index contributed by atoms with van der Waals surface area (Å²) in [4.78, 5) is 36.3. The highest BCUT2D eigenvalue weighted by Gasteiger charge is 2.26. The average molecular weight is 551 g/mol. The molecule has 0 bridgehead atoms. The number of carbonyl (C=O) groups is 2. The first kappa shape index (κ1) is 27.3. The van der Waals surface area contributed by atoms with Gasteiger partial charge in [-0.15, -0.1) is 0 Å². The molecule has 0 spiro atoms. The highest BCUT2D eigenvalue weighted by atomic mass is 35.5. The first-order valence-electron chi connectivity index (χ1n) is 12.1. The van der Waals surface area contributed by atoms with E-state index < -0.39 is 17.9 Å². The quantitative estimate of drug-likeness (QED) is 0.293. The maximum atomic E-state index is 12.8. The van der Waals surface area contributed by atoms with Gasteiger partial charge in [0.2, 0.25) is 11.9 Å². The summed E-state index contributed by atoms with van der Waals surface area (Å²) in [5, 5.41) is 14.9. The van der Waals surface area contributed by atoms with E-state index >= 15 is 0 Å². The van der Waals surface area contributed by atoms with Crippen LogP contribution in [0.5, 0.6) is 0 Å². The summed E-state index contributed by atoms with van der Waals surface area (Å²) >= 11 is 12.2. The molecule has 2 amide bonds. The fraction of sp³-hybridized carbons (Fsp3) is 0.214. The molecule has 1 heterocycles. The highest BCUT2D eigenvalue weighted by molar-refractivity contribution is 6.39. The lowest BCUT2D eigenvalue weighted by molar-refractivity contribution is -0.128. The molecule has 8 nitrogen and oxygen atoms in total. The largest absolute Gasteiger partial charge is 0.752 e. The van der Waals surface area contributed by atoms with Crippen molar-refractivity contribution < 1.29 is 9.59 Å². The fourth-order valence-corrected chi connectivity index (χ4v) is 4.38. The second-order valence-corrected chi connectivity index (χ2v) is 9.62. The molecule has 0 saturated heterocycles. The summed E-state index contributed by atoms with van der Waals surface area (Å²) in [7, 11) is 0. The summed E-state index contributed by atoms with van der Waals surface area (Å²) in [5.74, 6) is -0.231. The molecular weight excluding hydrogens is 525 g/mol. The summed E-state index contributed by atoms with van der Waals surface area (Å²) in [6.07, 6.45) is 10.3. The maximum Gasteiger partial charge on any atom is 0.254 e. The molecular formula is C28H26Cl2N5O3-. The number of amides is 2. The molecule has 1 fully saturated rings. The second-order valence-electron chi connectivity index (χ2n) is 8.80. The Hall–Kier alpha value is -3.72. The van der Waals surface area contributed by atoms with Gasteiger partial charge in [-0.05, 0) is 67.3 Å². The van der Waals surface area contributed by atoms with Crippen molar-refractivity contribution in [2.75, 3.05) is 11.4 Å². The van der Waals surface area contributed by atoms with Gasteiger partial charge in [0.25, 0.3) is 5.91 Å². The molecule has 0 aliphatic heterocycles. The molecule has 1 aliphatic rings. The predicted molar refractivity (Wildman–Crippen MR) is 150 cm³/mol. The van der Waals surface area contributed by atoms with E-state index in [4.69, 9.17) is 23.2 Å².